The Balaban J connectivity index is 1.87. The van der Waals surface area contributed by atoms with Gasteiger partial charge < -0.3 is 15.3 Å². The number of carbonyl (C=O) groups is 2. The zero-order valence-electron chi connectivity index (χ0n) is 12.5. The highest BCUT2D eigenvalue weighted by Crippen LogP contribution is 2.29. The van der Waals surface area contributed by atoms with E-state index in [4.69, 9.17) is 5.11 Å². The van der Waals surface area contributed by atoms with Crippen molar-refractivity contribution in [2.75, 3.05) is 19.6 Å². The lowest BCUT2D eigenvalue weighted by atomic mass is 9.84. The molecule has 0 aromatic rings. The number of nitrogens with zero attached hydrogens (tertiary/aromatic N) is 1. The molecule has 20 heavy (non-hydrogen) atoms. The summed E-state index contributed by atoms with van der Waals surface area (Å²) in [5, 5.41) is 12.0. The van der Waals surface area contributed by atoms with E-state index in [9.17, 15) is 9.59 Å². The van der Waals surface area contributed by atoms with Gasteiger partial charge in [-0.25, -0.2) is 0 Å². The molecule has 1 aliphatic heterocycles. The van der Waals surface area contributed by atoms with Crippen molar-refractivity contribution >= 4 is 11.9 Å². The molecular formula is C15H26N2O3. The van der Waals surface area contributed by atoms with Crippen molar-refractivity contribution in [1.29, 1.82) is 0 Å². The fraction of sp³-hybridized carbons (Fsp3) is 0.867. The average molecular weight is 282 g/mol. The summed E-state index contributed by atoms with van der Waals surface area (Å²) in [5.74, 6) is 0.584. The van der Waals surface area contributed by atoms with E-state index in [1.165, 1.54) is 6.42 Å². The number of carboxylic acids is 1. The van der Waals surface area contributed by atoms with E-state index >= 15 is 0 Å². The predicted octanol–water partition coefficient (Wildman–Crippen LogP) is 1.33. The van der Waals surface area contributed by atoms with Crippen LogP contribution in [-0.4, -0.2) is 47.6 Å². The van der Waals surface area contributed by atoms with Crippen molar-refractivity contribution in [2.24, 2.45) is 17.8 Å². The minimum Gasteiger partial charge on any atom is -0.481 e. The van der Waals surface area contributed by atoms with Crippen molar-refractivity contribution in [2.45, 2.75) is 45.6 Å². The first-order chi connectivity index (χ1) is 9.47. The fourth-order valence-corrected chi connectivity index (χ4v) is 3.15. The van der Waals surface area contributed by atoms with Crippen LogP contribution in [-0.2, 0) is 9.59 Å². The maximum atomic E-state index is 12.1. The molecule has 1 saturated heterocycles. The molecule has 114 valence electrons. The van der Waals surface area contributed by atoms with Crippen LogP contribution in [0.5, 0.6) is 0 Å². The first-order valence-electron chi connectivity index (χ1n) is 7.72. The molecule has 1 heterocycles. The summed E-state index contributed by atoms with van der Waals surface area (Å²) in [6.07, 6.45) is 3.39. The molecule has 0 spiro atoms. The summed E-state index contributed by atoms with van der Waals surface area (Å²) in [6.45, 7) is 6.60. The highest BCUT2D eigenvalue weighted by Gasteiger charge is 2.37. The van der Waals surface area contributed by atoms with Gasteiger partial charge >= 0.3 is 5.97 Å². The van der Waals surface area contributed by atoms with E-state index in [2.05, 4.69) is 24.1 Å². The number of amides is 1. The summed E-state index contributed by atoms with van der Waals surface area (Å²) in [6, 6.07) is 0.178. The maximum Gasteiger partial charge on any atom is 0.304 e. The lowest BCUT2D eigenvalue weighted by molar-refractivity contribution is -0.137. The van der Waals surface area contributed by atoms with Crippen LogP contribution in [0.25, 0.3) is 0 Å². The Bertz CT molecular complexity index is 366. The van der Waals surface area contributed by atoms with Gasteiger partial charge in [0.25, 0.3) is 0 Å². The molecule has 0 aromatic heterocycles. The van der Waals surface area contributed by atoms with Gasteiger partial charge in [0.05, 0.1) is 6.42 Å². The molecule has 2 aliphatic rings. The van der Waals surface area contributed by atoms with Gasteiger partial charge in [-0.05, 0) is 24.7 Å². The smallest absolute Gasteiger partial charge is 0.304 e. The fourth-order valence-electron chi connectivity index (χ4n) is 3.15. The van der Waals surface area contributed by atoms with Crippen LogP contribution in [0, 0.1) is 17.8 Å². The van der Waals surface area contributed by atoms with Crippen molar-refractivity contribution in [3.05, 3.63) is 0 Å². The van der Waals surface area contributed by atoms with Crippen molar-refractivity contribution in [1.82, 2.24) is 10.2 Å². The topological polar surface area (TPSA) is 69.6 Å². The zero-order chi connectivity index (χ0) is 14.7. The number of aliphatic carboxylic acids is 1. The van der Waals surface area contributed by atoms with Crippen LogP contribution < -0.4 is 5.32 Å². The summed E-state index contributed by atoms with van der Waals surface area (Å²) in [5.41, 5.74) is 0. The second-order valence-corrected chi connectivity index (χ2v) is 6.55. The Morgan fingerprint density at radius 1 is 1.30 bits per heavy atom. The van der Waals surface area contributed by atoms with Crippen molar-refractivity contribution in [3.8, 4) is 0 Å². The van der Waals surface area contributed by atoms with Crippen LogP contribution in [0.1, 0.15) is 39.5 Å². The second-order valence-electron chi connectivity index (χ2n) is 6.55. The summed E-state index contributed by atoms with van der Waals surface area (Å²) >= 11 is 0. The number of hydrogen-bond acceptors (Lipinski definition) is 3. The van der Waals surface area contributed by atoms with Crippen molar-refractivity contribution < 1.29 is 14.7 Å². The van der Waals surface area contributed by atoms with Gasteiger partial charge in [-0.2, -0.15) is 0 Å². The Morgan fingerprint density at radius 3 is 2.50 bits per heavy atom. The van der Waals surface area contributed by atoms with Gasteiger partial charge in [0.15, 0.2) is 0 Å². The van der Waals surface area contributed by atoms with Gasteiger partial charge in [0.1, 0.15) is 0 Å². The van der Waals surface area contributed by atoms with E-state index in [-0.39, 0.29) is 24.3 Å². The Kier molecular flexibility index (Phi) is 5.02. The van der Waals surface area contributed by atoms with Crippen LogP contribution >= 0.6 is 0 Å². The monoisotopic (exact) mass is 282 g/mol. The SMILES string of the molecule is CC(C)C1CN(CCC(=O)O)CC1NC(=O)C1CCC1. The van der Waals surface area contributed by atoms with Crippen LogP contribution in [0.4, 0.5) is 0 Å². The maximum absolute atomic E-state index is 12.1. The third-order valence-corrected chi connectivity index (χ3v) is 4.74. The summed E-state index contributed by atoms with van der Waals surface area (Å²) in [7, 11) is 0. The van der Waals surface area contributed by atoms with Gasteiger partial charge in [-0.1, -0.05) is 20.3 Å². The largest absolute Gasteiger partial charge is 0.481 e. The molecule has 2 fully saturated rings. The minimum absolute atomic E-state index is 0.175. The first kappa shape index (κ1) is 15.3. The van der Waals surface area contributed by atoms with Gasteiger partial charge in [-0.3, -0.25) is 9.59 Å². The standard InChI is InChI=1S/C15H26N2O3/c1-10(2)12-8-17(7-6-14(18)19)9-13(12)16-15(20)11-4-3-5-11/h10-13H,3-9H2,1-2H3,(H,16,20)(H,18,19). The number of nitrogens with one attached hydrogen (secondary N) is 1. The molecule has 0 bridgehead atoms. The first-order valence-corrected chi connectivity index (χ1v) is 7.72. The highest BCUT2D eigenvalue weighted by molar-refractivity contribution is 5.79. The number of rotatable bonds is 6. The quantitative estimate of drug-likeness (QED) is 0.771. The molecule has 0 aromatic carbocycles. The molecule has 1 amide bonds. The molecule has 2 atom stereocenters. The predicted molar refractivity (Wildman–Crippen MR) is 76.3 cm³/mol. The molecule has 5 nitrogen and oxygen atoms in total. The van der Waals surface area contributed by atoms with E-state index in [1.54, 1.807) is 0 Å². The second kappa shape index (κ2) is 6.57. The molecule has 0 radical (unpaired) electrons. The zero-order valence-corrected chi connectivity index (χ0v) is 12.5. The molecule has 2 rings (SSSR count). The van der Waals surface area contributed by atoms with E-state index in [0.29, 0.717) is 18.4 Å². The number of carboxylic acid groups (broad SMARTS) is 1. The van der Waals surface area contributed by atoms with Crippen LogP contribution in [0.3, 0.4) is 0 Å². The average Bonchev–Trinajstić information content (AvgIpc) is 2.67. The number of hydrogen-bond donors (Lipinski definition) is 2. The van der Waals surface area contributed by atoms with E-state index in [1.807, 2.05) is 0 Å². The molecule has 2 unspecified atom stereocenters. The van der Waals surface area contributed by atoms with Gasteiger partial charge in [0.2, 0.25) is 5.91 Å². The molecule has 2 N–H and O–H groups in total. The molecule has 1 aliphatic carbocycles. The summed E-state index contributed by atoms with van der Waals surface area (Å²) in [4.78, 5) is 24.9. The minimum atomic E-state index is -0.756. The third kappa shape index (κ3) is 3.72. The van der Waals surface area contributed by atoms with Gasteiger partial charge in [-0.15, -0.1) is 0 Å². The third-order valence-electron chi connectivity index (χ3n) is 4.74. The number of likely N-dealkylation sites (tertiary alicyclic amines) is 1. The molecule has 1 saturated carbocycles. The Morgan fingerprint density at radius 2 is 2.00 bits per heavy atom. The van der Waals surface area contributed by atoms with Gasteiger partial charge in [0, 0.05) is 31.6 Å². The number of carbonyl (C=O) groups excluding carboxylic acids is 1. The normalized spacial score (nSPS) is 27.6. The van der Waals surface area contributed by atoms with E-state index in [0.717, 1.165) is 25.9 Å². The lowest BCUT2D eigenvalue weighted by Crippen LogP contribution is -2.46. The molecule has 5 heteroatoms. The van der Waals surface area contributed by atoms with Crippen LogP contribution in [0.2, 0.25) is 0 Å². The Labute approximate surface area is 120 Å². The van der Waals surface area contributed by atoms with E-state index < -0.39 is 5.97 Å². The summed E-state index contributed by atoms with van der Waals surface area (Å²) < 4.78 is 0. The van der Waals surface area contributed by atoms with Crippen molar-refractivity contribution in [3.63, 3.8) is 0 Å². The van der Waals surface area contributed by atoms with Crippen LogP contribution in [0.15, 0.2) is 0 Å². The highest BCUT2D eigenvalue weighted by atomic mass is 16.4. The lowest BCUT2D eigenvalue weighted by Gasteiger charge is -2.29. The molecular weight excluding hydrogens is 256 g/mol. The Hall–Kier alpha value is -1.10.